The van der Waals surface area contributed by atoms with Gasteiger partial charge in [0.1, 0.15) is 6.29 Å². The van der Waals surface area contributed by atoms with Crippen molar-refractivity contribution in [1.82, 2.24) is 10.9 Å². The summed E-state index contributed by atoms with van der Waals surface area (Å²) < 4.78 is 0. The SMILES string of the molecule is CC1C(=O)NNC1C=O. The average Bonchev–Trinajstić information content (AvgIpc) is 2.15. The van der Waals surface area contributed by atoms with Crippen LogP contribution in [0.1, 0.15) is 6.92 Å². The van der Waals surface area contributed by atoms with Crippen LogP contribution in [0.3, 0.4) is 0 Å². The first kappa shape index (κ1) is 6.22. The molecule has 0 radical (unpaired) electrons. The van der Waals surface area contributed by atoms with E-state index in [4.69, 9.17) is 0 Å². The summed E-state index contributed by atoms with van der Waals surface area (Å²) in [7, 11) is 0. The van der Waals surface area contributed by atoms with Crippen LogP contribution in [-0.4, -0.2) is 18.2 Å². The van der Waals surface area contributed by atoms with Crippen LogP contribution in [-0.2, 0) is 9.59 Å². The van der Waals surface area contributed by atoms with Crippen LogP contribution in [0.25, 0.3) is 0 Å². The molecular formula is C5H8N2O2. The molecule has 1 aliphatic rings. The van der Waals surface area contributed by atoms with E-state index in [0.717, 1.165) is 6.29 Å². The molecule has 0 aliphatic carbocycles. The molecule has 0 aromatic heterocycles. The van der Waals surface area contributed by atoms with Gasteiger partial charge >= 0.3 is 0 Å². The third kappa shape index (κ3) is 0.929. The van der Waals surface area contributed by atoms with E-state index in [9.17, 15) is 9.59 Å². The maximum atomic E-state index is 10.6. The van der Waals surface area contributed by atoms with E-state index >= 15 is 0 Å². The Morgan fingerprint density at radius 1 is 1.67 bits per heavy atom. The van der Waals surface area contributed by atoms with Crippen LogP contribution in [0.2, 0.25) is 0 Å². The van der Waals surface area contributed by atoms with Crippen molar-refractivity contribution in [3.63, 3.8) is 0 Å². The highest BCUT2D eigenvalue weighted by molar-refractivity contribution is 5.85. The number of hydrazine groups is 1. The molecule has 2 N–H and O–H groups in total. The van der Waals surface area contributed by atoms with Crippen LogP contribution in [0.5, 0.6) is 0 Å². The Morgan fingerprint density at radius 2 is 2.33 bits per heavy atom. The maximum absolute atomic E-state index is 10.6. The summed E-state index contributed by atoms with van der Waals surface area (Å²) in [6.45, 7) is 1.70. The Morgan fingerprint density at radius 3 is 2.56 bits per heavy atom. The van der Waals surface area contributed by atoms with Crippen LogP contribution < -0.4 is 10.9 Å². The Hall–Kier alpha value is -0.900. The Labute approximate surface area is 52.6 Å². The molecule has 0 aromatic rings. The van der Waals surface area contributed by atoms with Gasteiger partial charge in [0.2, 0.25) is 5.91 Å². The molecule has 4 nitrogen and oxygen atoms in total. The van der Waals surface area contributed by atoms with Crippen molar-refractivity contribution < 1.29 is 9.59 Å². The second-order valence-electron chi connectivity index (χ2n) is 2.08. The summed E-state index contributed by atoms with van der Waals surface area (Å²) >= 11 is 0. The van der Waals surface area contributed by atoms with Gasteiger partial charge < -0.3 is 4.79 Å². The van der Waals surface area contributed by atoms with Crippen molar-refractivity contribution in [2.45, 2.75) is 13.0 Å². The lowest BCUT2D eigenvalue weighted by atomic mass is 10.1. The quantitative estimate of drug-likeness (QED) is 0.437. The average molecular weight is 128 g/mol. The first-order chi connectivity index (χ1) is 4.25. The second kappa shape index (κ2) is 2.14. The molecule has 1 heterocycles. The number of hydrogen-bond donors (Lipinski definition) is 2. The summed E-state index contributed by atoms with van der Waals surface area (Å²) in [5, 5.41) is 0. The number of hydrogen-bond acceptors (Lipinski definition) is 3. The molecule has 9 heavy (non-hydrogen) atoms. The van der Waals surface area contributed by atoms with Gasteiger partial charge in [-0.15, -0.1) is 0 Å². The molecule has 1 aliphatic heterocycles. The first-order valence-corrected chi connectivity index (χ1v) is 2.76. The molecule has 2 atom stereocenters. The van der Waals surface area contributed by atoms with Crippen LogP contribution in [0.4, 0.5) is 0 Å². The Balaban J connectivity index is 2.61. The predicted molar refractivity (Wildman–Crippen MR) is 30.3 cm³/mol. The molecule has 50 valence electrons. The lowest BCUT2D eigenvalue weighted by Gasteiger charge is -2.00. The van der Waals surface area contributed by atoms with Crippen LogP contribution >= 0.6 is 0 Å². The van der Waals surface area contributed by atoms with Gasteiger partial charge in [-0.1, -0.05) is 6.92 Å². The highest BCUT2D eigenvalue weighted by Crippen LogP contribution is 2.04. The topological polar surface area (TPSA) is 58.2 Å². The minimum Gasteiger partial charge on any atom is -0.302 e. The van der Waals surface area contributed by atoms with Gasteiger partial charge in [0, 0.05) is 0 Å². The van der Waals surface area contributed by atoms with Crippen LogP contribution in [0, 0.1) is 5.92 Å². The number of aldehydes is 1. The van der Waals surface area contributed by atoms with Crippen molar-refractivity contribution in [2.24, 2.45) is 5.92 Å². The van der Waals surface area contributed by atoms with E-state index in [-0.39, 0.29) is 17.9 Å². The van der Waals surface area contributed by atoms with E-state index in [2.05, 4.69) is 10.9 Å². The van der Waals surface area contributed by atoms with E-state index in [1.54, 1.807) is 6.92 Å². The second-order valence-corrected chi connectivity index (χ2v) is 2.08. The summed E-state index contributed by atoms with van der Waals surface area (Å²) in [6, 6.07) is -0.350. The Bertz CT molecular complexity index is 146. The third-order valence-corrected chi connectivity index (χ3v) is 1.46. The zero-order valence-electron chi connectivity index (χ0n) is 5.05. The Kier molecular flexibility index (Phi) is 1.48. The van der Waals surface area contributed by atoms with Gasteiger partial charge in [-0.3, -0.25) is 10.2 Å². The van der Waals surface area contributed by atoms with Gasteiger partial charge in [0.05, 0.1) is 12.0 Å². The molecule has 1 amide bonds. The van der Waals surface area contributed by atoms with Crippen molar-refractivity contribution in [2.75, 3.05) is 0 Å². The summed E-state index contributed by atoms with van der Waals surface area (Å²) in [4.78, 5) is 20.7. The van der Waals surface area contributed by atoms with Crippen LogP contribution in [0.15, 0.2) is 0 Å². The lowest BCUT2D eigenvalue weighted by Crippen LogP contribution is -2.32. The van der Waals surface area contributed by atoms with Crippen molar-refractivity contribution in [3.8, 4) is 0 Å². The van der Waals surface area contributed by atoms with Gasteiger partial charge in [-0.25, -0.2) is 5.43 Å². The molecule has 0 aromatic carbocycles. The monoisotopic (exact) mass is 128 g/mol. The van der Waals surface area contributed by atoms with Crippen molar-refractivity contribution >= 4 is 12.2 Å². The highest BCUT2D eigenvalue weighted by Gasteiger charge is 2.29. The number of carbonyl (C=O) groups excluding carboxylic acids is 2. The zero-order valence-corrected chi connectivity index (χ0v) is 5.05. The van der Waals surface area contributed by atoms with Gasteiger partial charge in [0.25, 0.3) is 0 Å². The summed E-state index contributed by atoms with van der Waals surface area (Å²) in [5.41, 5.74) is 4.89. The fraction of sp³-hybridized carbons (Fsp3) is 0.600. The molecule has 1 rings (SSSR count). The highest BCUT2D eigenvalue weighted by atomic mass is 16.2. The molecule has 0 spiro atoms. The zero-order chi connectivity index (χ0) is 6.85. The van der Waals surface area contributed by atoms with E-state index < -0.39 is 0 Å². The van der Waals surface area contributed by atoms with Gasteiger partial charge in [-0.2, -0.15) is 0 Å². The summed E-state index contributed by atoms with van der Waals surface area (Å²) in [6.07, 6.45) is 0.725. The van der Waals surface area contributed by atoms with E-state index in [0.29, 0.717) is 0 Å². The number of rotatable bonds is 1. The molecule has 0 saturated carbocycles. The molecular weight excluding hydrogens is 120 g/mol. The molecule has 0 bridgehead atoms. The lowest BCUT2D eigenvalue weighted by molar-refractivity contribution is -0.123. The van der Waals surface area contributed by atoms with E-state index in [1.165, 1.54) is 0 Å². The molecule has 4 heteroatoms. The summed E-state index contributed by atoms with van der Waals surface area (Å²) in [5.74, 6) is -0.352. The first-order valence-electron chi connectivity index (χ1n) is 2.76. The predicted octanol–water partition coefficient (Wildman–Crippen LogP) is -1.18. The largest absolute Gasteiger partial charge is 0.302 e. The fourth-order valence-electron chi connectivity index (χ4n) is 0.708. The number of amides is 1. The standard InChI is InChI=1S/C5H8N2O2/c1-3-4(2-8)6-7-5(3)9/h2-4,6H,1H3,(H,7,9). The number of nitrogens with one attached hydrogen (secondary N) is 2. The van der Waals surface area contributed by atoms with Crippen molar-refractivity contribution in [3.05, 3.63) is 0 Å². The van der Waals surface area contributed by atoms with Crippen molar-refractivity contribution in [1.29, 1.82) is 0 Å². The van der Waals surface area contributed by atoms with Gasteiger partial charge in [0.15, 0.2) is 0 Å². The minimum absolute atomic E-state index is 0.118. The molecule has 2 unspecified atom stereocenters. The minimum atomic E-state index is -0.350. The number of carbonyl (C=O) groups is 2. The third-order valence-electron chi connectivity index (χ3n) is 1.46. The smallest absolute Gasteiger partial charge is 0.239 e. The van der Waals surface area contributed by atoms with Gasteiger partial charge in [-0.05, 0) is 0 Å². The van der Waals surface area contributed by atoms with E-state index in [1.807, 2.05) is 0 Å². The fourth-order valence-corrected chi connectivity index (χ4v) is 0.708. The normalized spacial score (nSPS) is 34.1. The molecule has 1 saturated heterocycles. The maximum Gasteiger partial charge on any atom is 0.239 e. The molecule has 1 fully saturated rings.